The number of aliphatic hydroxyl groups excluding tert-OH is 1. The molecule has 3 atom stereocenters. The number of allylic oxidation sites excluding steroid dienone is 1. The highest BCUT2D eigenvalue weighted by molar-refractivity contribution is 6.03. The Labute approximate surface area is 147 Å². The molecule has 0 saturated carbocycles. The fourth-order valence-corrected chi connectivity index (χ4v) is 4.73. The number of nitrogens with one attached hydrogen (secondary N) is 1. The third-order valence-electron chi connectivity index (χ3n) is 6.05. The summed E-state index contributed by atoms with van der Waals surface area (Å²) in [4.78, 5) is 18.6. The zero-order valence-electron chi connectivity index (χ0n) is 14.6. The number of piperidine rings is 1. The number of phenolic OH excluding ortho intramolecular Hbond substituents is 1. The van der Waals surface area contributed by atoms with E-state index in [2.05, 4.69) is 23.0 Å². The minimum atomic E-state index is 0.0457. The summed E-state index contributed by atoms with van der Waals surface area (Å²) in [6.07, 6.45) is 3.21. The molecule has 1 fully saturated rings. The van der Waals surface area contributed by atoms with Gasteiger partial charge in [0.25, 0.3) is 0 Å². The summed E-state index contributed by atoms with van der Waals surface area (Å²) in [7, 11) is 2.09. The van der Waals surface area contributed by atoms with Gasteiger partial charge in [0.2, 0.25) is 0 Å². The van der Waals surface area contributed by atoms with Crippen molar-refractivity contribution >= 4 is 16.7 Å². The molecule has 1 saturated heterocycles. The van der Waals surface area contributed by atoms with Gasteiger partial charge in [0.05, 0.1) is 5.69 Å². The molecule has 1 aromatic heterocycles. The molecule has 0 unspecified atom stereocenters. The number of carbonyl (C=O) groups excluding carboxylic acids is 1. The Morgan fingerprint density at radius 3 is 2.88 bits per heavy atom. The second-order valence-corrected chi connectivity index (χ2v) is 7.34. The van der Waals surface area contributed by atoms with Crippen LogP contribution in [0.5, 0.6) is 5.75 Å². The molecule has 1 aromatic carbocycles. The van der Waals surface area contributed by atoms with E-state index in [-0.39, 0.29) is 36.0 Å². The van der Waals surface area contributed by atoms with Gasteiger partial charge in [-0.3, -0.25) is 9.69 Å². The Bertz CT molecular complexity index is 867. The largest absolute Gasteiger partial charge is 0.508 e. The Kier molecular flexibility index (Phi) is 3.93. The maximum atomic E-state index is 13.0. The van der Waals surface area contributed by atoms with Crippen molar-refractivity contribution in [1.82, 2.24) is 9.88 Å². The van der Waals surface area contributed by atoms with Crippen molar-refractivity contribution in [3.8, 4) is 5.75 Å². The molecule has 25 heavy (non-hydrogen) atoms. The Morgan fingerprint density at radius 1 is 1.36 bits per heavy atom. The van der Waals surface area contributed by atoms with E-state index in [0.717, 1.165) is 23.0 Å². The van der Waals surface area contributed by atoms with Crippen molar-refractivity contribution in [3.05, 3.63) is 41.1 Å². The molecule has 0 radical (unpaired) electrons. The van der Waals surface area contributed by atoms with E-state index in [9.17, 15) is 15.0 Å². The molecule has 2 aliphatic rings. The number of aromatic nitrogens is 1. The maximum Gasteiger partial charge on any atom is 0.179 e. The molecule has 2 heterocycles. The van der Waals surface area contributed by atoms with Crippen molar-refractivity contribution in [2.24, 2.45) is 11.8 Å². The fourth-order valence-electron chi connectivity index (χ4n) is 4.73. The number of ketones is 1. The molecule has 5 heteroatoms. The Morgan fingerprint density at radius 2 is 2.16 bits per heavy atom. The van der Waals surface area contributed by atoms with Crippen LogP contribution in [0.2, 0.25) is 0 Å². The zero-order chi connectivity index (χ0) is 17.7. The predicted octanol–water partition coefficient (Wildman–Crippen LogP) is 2.49. The molecule has 0 amide bonds. The van der Waals surface area contributed by atoms with Crippen LogP contribution in [0.4, 0.5) is 0 Å². The van der Waals surface area contributed by atoms with Gasteiger partial charge in [-0.05, 0) is 50.1 Å². The van der Waals surface area contributed by atoms with Gasteiger partial charge in [0.15, 0.2) is 5.78 Å². The number of nitrogens with zero attached hydrogens (tertiary/aromatic N) is 1. The van der Waals surface area contributed by atoms with Crippen LogP contribution in [0.15, 0.2) is 29.8 Å². The minimum Gasteiger partial charge on any atom is -0.508 e. The topological polar surface area (TPSA) is 76.6 Å². The first-order valence-electron chi connectivity index (χ1n) is 8.86. The minimum absolute atomic E-state index is 0.0457. The first-order valence-corrected chi connectivity index (χ1v) is 8.86. The normalized spacial score (nSPS) is 28.8. The molecule has 132 valence electrons. The standard InChI is InChI=1S/C20H24N2O3/c1-3-11-9-22(2)18-7-15-14-6-12(24)4-5-17(14)21-20(15)19(25)8-13(11)16(18)10-23/h3-6,13,16,18,21,23-24H,7-10H2,1-2H3/b11-3-/t13-,16+,18-/m0/s1. The number of benzene rings is 1. The number of carbonyl (C=O) groups is 1. The third-order valence-corrected chi connectivity index (χ3v) is 6.05. The first-order chi connectivity index (χ1) is 12.0. The zero-order valence-corrected chi connectivity index (χ0v) is 14.6. The lowest BCUT2D eigenvalue weighted by atomic mass is 9.71. The molecular weight excluding hydrogens is 316 g/mol. The summed E-state index contributed by atoms with van der Waals surface area (Å²) in [5, 5.41) is 20.9. The third kappa shape index (κ3) is 2.50. The number of rotatable bonds is 1. The number of likely N-dealkylation sites (tertiary alicyclic amines) is 1. The molecule has 1 aliphatic heterocycles. The van der Waals surface area contributed by atoms with E-state index in [1.54, 1.807) is 12.1 Å². The molecule has 1 aliphatic carbocycles. The number of hydrogen-bond acceptors (Lipinski definition) is 4. The van der Waals surface area contributed by atoms with Gasteiger partial charge < -0.3 is 15.2 Å². The van der Waals surface area contributed by atoms with Crippen molar-refractivity contribution < 1.29 is 15.0 Å². The first kappa shape index (κ1) is 16.4. The van der Waals surface area contributed by atoms with Crippen LogP contribution in [0.25, 0.3) is 10.9 Å². The summed E-state index contributed by atoms with van der Waals surface area (Å²) < 4.78 is 0. The number of Topliss-reactive ketones (excluding diaryl/α,β-unsaturated/α-hetero) is 1. The van der Waals surface area contributed by atoms with E-state index < -0.39 is 0 Å². The van der Waals surface area contributed by atoms with E-state index in [0.29, 0.717) is 18.5 Å². The van der Waals surface area contributed by atoms with E-state index >= 15 is 0 Å². The summed E-state index contributed by atoms with van der Waals surface area (Å²) in [6.45, 7) is 2.92. The lowest BCUT2D eigenvalue weighted by Gasteiger charge is -2.46. The SMILES string of the molecule is C/C=C1/CN(C)[C@H]2Cc3c([nH]c4ccc(O)cc34)C(=O)C[C@@H]1[C@H]2CO. The van der Waals surface area contributed by atoms with E-state index in [1.807, 2.05) is 13.0 Å². The van der Waals surface area contributed by atoms with Gasteiger partial charge in [0.1, 0.15) is 5.75 Å². The predicted molar refractivity (Wildman–Crippen MR) is 96.9 cm³/mol. The Hall–Kier alpha value is -2.11. The van der Waals surface area contributed by atoms with Crippen LogP contribution in [0.3, 0.4) is 0 Å². The molecule has 0 spiro atoms. The number of aromatic hydroxyl groups is 1. The Balaban J connectivity index is 1.90. The van der Waals surface area contributed by atoms with Crippen molar-refractivity contribution in [2.45, 2.75) is 25.8 Å². The number of aliphatic hydroxyl groups is 1. The second-order valence-electron chi connectivity index (χ2n) is 7.34. The highest BCUT2D eigenvalue weighted by atomic mass is 16.3. The monoisotopic (exact) mass is 340 g/mol. The van der Waals surface area contributed by atoms with Gasteiger partial charge in [-0.15, -0.1) is 0 Å². The lowest BCUT2D eigenvalue weighted by Crippen LogP contribution is -2.52. The summed E-state index contributed by atoms with van der Waals surface area (Å²) in [6, 6.07) is 5.35. The van der Waals surface area contributed by atoms with Crippen molar-refractivity contribution in [3.63, 3.8) is 0 Å². The molecule has 3 N–H and O–H groups in total. The number of likely N-dealkylation sites (N-methyl/N-ethyl adjacent to an activating group) is 1. The second kappa shape index (κ2) is 6.00. The van der Waals surface area contributed by atoms with Crippen LogP contribution >= 0.6 is 0 Å². The fraction of sp³-hybridized carbons (Fsp3) is 0.450. The lowest BCUT2D eigenvalue weighted by molar-refractivity contribution is 0.0518. The summed E-state index contributed by atoms with van der Waals surface area (Å²) in [5.74, 6) is 0.436. The molecular formula is C20H24N2O3. The van der Waals surface area contributed by atoms with Gasteiger partial charge in [-0.2, -0.15) is 0 Å². The van der Waals surface area contributed by atoms with Gasteiger partial charge in [-0.1, -0.05) is 11.6 Å². The van der Waals surface area contributed by atoms with E-state index in [1.165, 1.54) is 5.57 Å². The summed E-state index contributed by atoms with van der Waals surface area (Å²) >= 11 is 0. The number of fused-ring (bicyclic) bond motifs is 5. The maximum absolute atomic E-state index is 13.0. The van der Waals surface area contributed by atoms with Gasteiger partial charge >= 0.3 is 0 Å². The van der Waals surface area contributed by atoms with Crippen LogP contribution < -0.4 is 0 Å². The molecule has 2 aromatic rings. The highest BCUT2D eigenvalue weighted by Crippen LogP contribution is 2.41. The van der Waals surface area contributed by atoms with Crippen molar-refractivity contribution in [1.29, 1.82) is 0 Å². The number of aromatic amines is 1. The number of hydrogen-bond donors (Lipinski definition) is 3. The number of H-pyrrole nitrogens is 1. The molecule has 5 nitrogen and oxygen atoms in total. The molecule has 2 bridgehead atoms. The summed E-state index contributed by atoms with van der Waals surface area (Å²) in [5.41, 5.74) is 3.75. The number of phenols is 1. The highest BCUT2D eigenvalue weighted by Gasteiger charge is 2.42. The van der Waals surface area contributed by atoms with Crippen molar-refractivity contribution in [2.75, 3.05) is 20.2 Å². The smallest absolute Gasteiger partial charge is 0.179 e. The van der Waals surface area contributed by atoms with Crippen LogP contribution in [-0.4, -0.2) is 52.1 Å². The quantitative estimate of drug-likeness (QED) is 0.697. The van der Waals surface area contributed by atoms with Crippen LogP contribution in [0.1, 0.15) is 29.4 Å². The molecule has 4 rings (SSSR count). The average molecular weight is 340 g/mol. The van der Waals surface area contributed by atoms with Gasteiger partial charge in [0, 0.05) is 42.4 Å². The van der Waals surface area contributed by atoms with Crippen LogP contribution in [-0.2, 0) is 6.42 Å². The van der Waals surface area contributed by atoms with Crippen LogP contribution in [0, 0.1) is 11.8 Å². The average Bonchev–Trinajstić information content (AvgIpc) is 2.94. The van der Waals surface area contributed by atoms with E-state index in [4.69, 9.17) is 0 Å². The van der Waals surface area contributed by atoms with Gasteiger partial charge in [-0.25, -0.2) is 0 Å².